The standard InChI is InChI=1S/C32H32N6O5/c1-32(2,3)27-18-29(38(37-27)20-9-11-21(39)12-10-20)36-31(41)34-25-13-14-26(24-8-6-5-7-23(24)25)43-22-15-16-33-28(17-22)35-30(40)19-42-4/h5-18,39H,19H2,1-4H3,(H,33,35,40)(H2,34,36,41). The number of urea groups is 1. The highest BCUT2D eigenvalue weighted by atomic mass is 16.5. The molecule has 0 aliphatic rings. The van der Waals surface area contributed by atoms with E-state index in [-0.39, 0.29) is 23.7 Å². The number of anilines is 3. The van der Waals surface area contributed by atoms with Gasteiger partial charge >= 0.3 is 6.03 Å². The Morgan fingerprint density at radius 2 is 1.65 bits per heavy atom. The molecule has 2 aromatic heterocycles. The molecular formula is C32H32N6O5. The van der Waals surface area contributed by atoms with Crippen LogP contribution in [0.1, 0.15) is 26.5 Å². The molecule has 0 radical (unpaired) electrons. The molecule has 0 bridgehead atoms. The Hall–Kier alpha value is -5.42. The number of pyridine rings is 1. The predicted octanol–water partition coefficient (Wildman–Crippen LogP) is 6.44. The lowest BCUT2D eigenvalue weighted by Crippen LogP contribution is -2.21. The zero-order valence-corrected chi connectivity index (χ0v) is 24.2. The van der Waals surface area contributed by atoms with E-state index in [1.165, 1.54) is 13.3 Å². The highest BCUT2D eigenvalue weighted by Gasteiger charge is 2.22. The van der Waals surface area contributed by atoms with Gasteiger partial charge in [-0.3, -0.25) is 10.1 Å². The van der Waals surface area contributed by atoms with Crippen LogP contribution in [0.15, 0.2) is 85.1 Å². The van der Waals surface area contributed by atoms with Gasteiger partial charge in [0.1, 0.15) is 35.5 Å². The second-order valence-electron chi connectivity index (χ2n) is 10.8. The van der Waals surface area contributed by atoms with Crippen LogP contribution in [0.25, 0.3) is 16.5 Å². The fourth-order valence-electron chi connectivity index (χ4n) is 4.35. The number of fused-ring (bicyclic) bond motifs is 1. The first kappa shape index (κ1) is 29.1. The highest BCUT2D eigenvalue weighted by Crippen LogP contribution is 2.35. The fourth-order valence-corrected chi connectivity index (χ4v) is 4.35. The number of aromatic hydroxyl groups is 1. The van der Waals surface area contributed by atoms with Crippen molar-refractivity contribution in [1.82, 2.24) is 14.8 Å². The summed E-state index contributed by atoms with van der Waals surface area (Å²) < 4.78 is 12.6. The van der Waals surface area contributed by atoms with Crippen LogP contribution in [0.4, 0.5) is 22.1 Å². The second kappa shape index (κ2) is 12.2. The molecule has 4 N–H and O–H groups in total. The third-order valence-corrected chi connectivity index (χ3v) is 6.45. The molecule has 0 saturated carbocycles. The number of rotatable bonds is 8. The van der Waals surface area contributed by atoms with Crippen molar-refractivity contribution in [3.8, 4) is 22.9 Å². The van der Waals surface area contributed by atoms with E-state index in [0.29, 0.717) is 34.5 Å². The maximum atomic E-state index is 13.3. The van der Waals surface area contributed by atoms with Crippen molar-refractivity contribution in [3.05, 3.63) is 90.8 Å². The van der Waals surface area contributed by atoms with Gasteiger partial charge in [0, 0.05) is 41.6 Å². The Bertz CT molecular complexity index is 1780. The maximum absolute atomic E-state index is 13.3. The Morgan fingerprint density at radius 3 is 2.37 bits per heavy atom. The molecule has 0 unspecified atom stereocenters. The monoisotopic (exact) mass is 580 g/mol. The number of benzene rings is 3. The van der Waals surface area contributed by atoms with E-state index in [0.717, 1.165) is 16.5 Å². The van der Waals surface area contributed by atoms with Crippen LogP contribution in [0.2, 0.25) is 0 Å². The first-order chi connectivity index (χ1) is 20.6. The van der Waals surface area contributed by atoms with Crippen LogP contribution >= 0.6 is 0 Å². The Labute approximate surface area is 248 Å². The lowest BCUT2D eigenvalue weighted by atomic mass is 9.92. The van der Waals surface area contributed by atoms with Crippen LogP contribution in [0.3, 0.4) is 0 Å². The number of phenols is 1. The number of nitrogens with one attached hydrogen (secondary N) is 3. The van der Waals surface area contributed by atoms with Gasteiger partial charge in [0.15, 0.2) is 0 Å². The lowest BCUT2D eigenvalue weighted by molar-refractivity contribution is -0.119. The number of phenolic OH excluding ortho intramolecular Hbond substituents is 1. The van der Waals surface area contributed by atoms with E-state index in [1.54, 1.807) is 53.2 Å². The normalized spacial score (nSPS) is 11.3. The van der Waals surface area contributed by atoms with Gasteiger partial charge in [-0.1, -0.05) is 45.0 Å². The molecule has 3 amide bonds. The molecule has 3 aromatic carbocycles. The van der Waals surface area contributed by atoms with Crippen molar-refractivity contribution in [2.45, 2.75) is 26.2 Å². The van der Waals surface area contributed by atoms with E-state index < -0.39 is 6.03 Å². The molecule has 5 aromatic rings. The minimum atomic E-state index is -0.454. The molecule has 5 rings (SSSR count). The maximum Gasteiger partial charge on any atom is 0.324 e. The van der Waals surface area contributed by atoms with Crippen molar-refractivity contribution in [1.29, 1.82) is 0 Å². The fraction of sp³-hybridized carbons (Fsp3) is 0.188. The average molecular weight is 581 g/mol. The van der Waals surface area contributed by atoms with Crippen molar-refractivity contribution >= 4 is 40.0 Å². The molecule has 0 aliphatic heterocycles. The van der Waals surface area contributed by atoms with E-state index in [1.807, 2.05) is 51.1 Å². The lowest BCUT2D eigenvalue weighted by Gasteiger charge is -2.14. The average Bonchev–Trinajstić information content (AvgIpc) is 3.39. The summed E-state index contributed by atoms with van der Waals surface area (Å²) in [6, 6.07) is 22.3. The van der Waals surface area contributed by atoms with Gasteiger partial charge in [-0.2, -0.15) is 5.10 Å². The van der Waals surface area contributed by atoms with Crippen molar-refractivity contribution in [2.24, 2.45) is 0 Å². The first-order valence-electron chi connectivity index (χ1n) is 13.5. The summed E-state index contributed by atoms with van der Waals surface area (Å²) in [6.07, 6.45) is 1.54. The Kier molecular flexibility index (Phi) is 8.26. The number of carbonyl (C=O) groups excluding carboxylic acids is 2. The Morgan fingerprint density at radius 1 is 0.907 bits per heavy atom. The summed E-state index contributed by atoms with van der Waals surface area (Å²) in [4.78, 5) is 29.3. The molecular weight excluding hydrogens is 548 g/mol. The molecule has 0 atom stereocenters. The minimum absolute atomic E-state index is 0.0870. The molecule has 220 valence electrons. The summed E-state index contributed by atoms with van der Waals surface area (Å²) in [6.45, 7) is 6.04. The van der Waals surface area contributed by atoms with Crippen LogP contribution in [0, 0.1) is 0 Å². The molecule has 0 saturated heterocycles. The zero-order valence-electron chi connectivity index (χ0n) is 24.2. The number of hydrogen-bond acceptors (Lipinski definition) is 7. The van der Waals surface area contributed by atoms with Gasteiger partial charge in [-0.15, -0.1) is 0 Å². The first-order valence-corrected chi connectivity index (χ1v) is 13.5. The van der Waals surface area contributed by atoms with Gasteiger partial charge in [0.05, 0.1) is 17.1 Å². The smallest absolute Gasteiger partial charge is 0.324 e. The quantitative estimate of drug-likeness (QED) is 0.165. The summed E-state index contributed by atoms with van der Waals surface area (Å²) in [7, 11) is 1.44. The van der Waals surface area contributed by atoms with Crippen molar-refractivity contribution < 1.29 is 24.2 Å². The number of methoxy groups -OCH3 is 1. The molecule has 0 fully saturated rings. The van der Waals surface area contributed by atoms with Gasteiger partial charge in [-0.25, -0.2) is 14.5 Å². The van der Waals surface area contributed by atoms with Crippen molar-refractivity contribution in [2.75, 3.05) is 29.7 Å². The molecule has 2 heterocycles. The molecule has 0 aliphatic carbocycles. The minimum Gasteiger partial charge on any atom is -0.508 e. The van der Waals surface area contributed by atoms with E-state index in [9.17, 15) is 14.7 Å². The summed E-state index contributed by atoms with van der Waals surface area (Å²) in [5.74, 6) is 1.65. The van der Waals surface area contributed by atoms with Gasteiger partial charge in [0.2, 0.25) is 0 Å². The third kappa shape index (κ3) is 6.91. The number of nitrogens with zero attached hydrogens (tertiary/aromatic N) is 3. The van der Waals surface area contributed by atoms with Crippen LogP contribution in [-0.4, -0.2) is 45.5 Å². The van der Waals surface area contributed by atoms with Gasteiger partial charge < -0.3 is 25.2 Å². The number of hydrogen-bond donors (Lipinski definition) is 4. The number of ether oxygens (including phenoxy) is 2. The SMILES string of the molecule is COCC(=O)Nc1cc(Oc2ccc(NC(=O)Nc3cc(C(C)(C)C)nn3-c3ccc(O)cc3)c3ccccc23)ccn1. The Balaban J connectivity index is 1.38. The van der Waals surface area contributed by atoms with Crippen LogP contribution in [-0.2, 0) is 14.9 Å². The predicted molar refractivity (Wildman–Crippen MR) is 165 cm³/mol. The van der Waals surface area contributed by atoms with Gasteiger partial charge in [-0.05, 0) is 42.5 Å². The highest BCUT2D eigenvalue weighted by molar-refractivity contribution is 6.07. The second-order valence-corrected chi connectivity index (χ2v) is 10.8. The number of amides is 3. The van der Waals surface area contributed by atoms with Crippen LogP contribution in [0.5, 0.6) is 17.2 Å². The number of aromatic nitrogens is 3. The molecule has 0 spiro atoms. The largest absolute Gasteiger partial charge is 0.508 e. The van der Waals surface area contributed by atoms with E-state index >= 15 is 0 Å². The molecule has 11 nitrogen and oxygen atoms in total. The van der Waals surface area contributed by atoms with E-state index in [2.05, 4.69) is 20.9 Å². The zero-order chi connectivity index (χ0) is 30.6. The van der Waals surface area contributed by atoms with Gasteiger partial charge in [0.25, 0.3) is 5.91 Å². The van der Waals surface area contributed by atoms with Crippen LogP contribution < -0.4 is 20.7 Å². The summed E-state index contributed by atoms with van der Waals surface area (Å²) >= 11 is 0. The number of carbonyl (C=O) groups is 2. The van der Waals surface area contributed by atoms with E-state index in [4.69, 9.17) is 14.6 Å². The summed E-state index contributed by atoms with van der Waals surface area (Å²) in [5.41, 5.74) is 1.80. The molecule has 43 heavy (non-hydrogen) atoms. The summed E-state index contributed by atoms with van der Waals surface area (Å²) in [5, 5.41) is 24.5. The topological polar surface area (TPSA) is 140 Å². The molecule has 11 heteroatoms. The third-order valence-electron chi connectivity index (χ3n) is 6.45. The van der Waals surface area contributed by atoms with Crippen molar-refractivity contribution in [3.63, 3.8) is 0 Å².